The molecule has 1 aromatic carbocycles. The SMILES string of the molecule is CCc1nn(Cc2ccccc2)c(CC)c1CN. The van der Waals surface area contributed by atoms with Crippen LogP contribution < -0.4 is 5.73 Å². The Morgan fingerprint density at radius 1 is 1.11 bits per heavy atom. The summed E-state index contributed by atoms with van der Waals surface area (Å²) >= 11 is 0. The lowest BCUT2D eigenvalue weighted by atomic mass is 10.1. The summed E-state index contributed by atoms with van der Waals surface area (Å²) in [5, 5.41) is 4.70. The van der Waals surface area contributed by atoms with Crippen LogP contribution in [0.15, 0.2) is 30.3 Å². The molecule has 0 bridgehead atoms. The third-order valence-electron chi connectivity index (χ3n) is 3.30. The highest BCUT2D eigenvalue weighted by atomic mass is 15.3. The van der Waals surface area contributed by atoms with Crippen LogP contribution in [0.1, 0.15) is 36.4 Å². The van der Waals surface area contributed by atoms with Gasteiger partial charge < -0.3 is 5.73 Å². The maximum atomic E-state index is 5.86. The van der Waals surface area contributed by atoms with Crippen molar-refractivity contribution >= 4 is 0 Å². The van der Waals surface area contributed by atoms with Crippen LogP contribution in [-0.2, 0) is 25.9 Å². The van der Waals surface area contributed by atoms with Crippen LogP contribution in [0, 0.1) is 0 Å². The van der Waals surface area contributed by atoms with Crippen LogP contribution >= 0.6 is 0 Å². The Balaban J connectivity index is 2.35. The second-order valence-electron chi connectivity index (χ2n) is 4.43. The van der Waals surface area contributed by atoms with Crippen molar-refractivity contribution in [2.75, 3.05) is 0 Å². The van der Waals surface area contributed by atoms with E-state index in [2.05, 4.69) is 42.8 Å². The number of aromatic nitrogens is 2. The van der Waals surface area contributed by atoms with Gasteiger partial charge in [0.15, 0.2) is 0 Å². The number of nitrogens with zero attached hydrogens (tertiary/aromatic N) is 2. The third-order valence-corrected chi connectivity index (χ3v) is 3.30. The lowest BCUT2D eigenvalue weighted by Crippen LogP contribution is -2.08. The minimum Gasteiger partial charge on any atom is -0.326 e. The van der Waals surface area contributed by atoms with Gasteiger partial charge in [0.05, 0.1) is 12.2 Å². The molecule has 96 valence electrons. The molecule has 0 fully saturated rings. The van der Waals surface area contributed by atoms with E-state index in [9.17, 15) is 0 Å². The summed E-state index contributed by atoms with van der Waals surface area (Å²) in [6, 6.07) is 10.4. The summed E-state index contributed by atoms with van der Waals surface area (Å²) in [6.07, 6.45) is 1.92. The van der Waals surface area contributed by atoms with Crippen LogP contribution in [0.5, 0.6) is 0 Å². The van der Waals surface area contributed by atoms with Crippen LogP contribution in [0.25, 0.3) is 0 Å². The number of benzene rings is 1. The first kappa shape index (κ1) is 12.8. The van der Waals surface area contributed by atoms with Gasteiger partial charge in [-0.15, -0.1) is 0 Å². The molecule has 1 aromatic heterocycles. The minimum absolute atomic E-state index is 0.584. The normalized spacial score (nSPS) is 10.8. The molecule has 3 nitrogen and oxygen atoms in total. The smallest absolute Gasteiger partial charge is 0.0669 e. The molecule has 0 aliphatic rings. The van der Waals surface area contributed by atoms with Gasteiger partial charge in [-0.1, -0.05) is 44.2 Å². The molecule has 0 amide bonds. The average Bonchev–Trinajstić information content (AvgIpc) is 2.76. The first-order chi connectivity index (χ1) is 8.80. The fourth-order valence-corrected chi connectivity index (χ4v) is 2.39. The molecule has 2 aromatic rings. The predicted octanol–water partition coefficient (Wildman–Crippen LogP) is 2.51. The van der Waals surface area contributed by atoms with Crippen molar-refractivity contribution in [2.24, 2.45) is 5.73 Å². The Kier molecular flexibility index (Phi) is 4.15. The fraction of sp³-hybridized carbons (Fsp3) is 0.400. The zero-order valence-corrected chi connectivity index (χ0v) is 11.2. The van der Waals surface area contributed by atoms with Crippen molar-refractivity contribution < 1.29 is 0 Å². The molecule has 18 heavy (non-hydrogen) atoms. The summed E-state index contributed by atoms with van der Waals surface area (Å²) in [5.74, 6) is 0. The average molecular weight is 243 g/mol. The lowest BCUT2D eigenvalue weighted by molar-refractivity contribution is 0.639. The second kappa shape index (κ2) is 5.83. The highest BCUT2D eigenvalue weighted by Gasteiger charge is 2.13. The summed E-state index contributed by atoms with van der Waals surface area (Å²) in [6.45, 7) is 5.71. The van der Waals surface area contributed by atoms with Crippen molar-refractivity contribution in [3.8, 4) is 0 Å². The Bertz CT molecular complexity index is 500. The van der Waals surface area contributed by atoms with E-state index in [-0.39, 0.29) is 0 Å². The quantitative estimate of drug-likeness (QED) is 0.877. The molecule has 2 N–H and O–H groups in total. The van der Waals surface area contributed by atoms with Crippen LogP contribution in [-0.4, -0.2) is 9.78 Å². The number of rotatable bonds is 5. The molecule has 0 saturated carbocycles. The van der Waals surface area contributed by atoms with Crippen molar-refractivity contribution in [1.82, 2.24) is 9.78 Å². The topological polar surface area (TPSA) is 43.8 Å². The largest absolute Gasteiger partial charge is 0.326 e. The molecule has 2 rings (SSSR count). The Morgan fingerprint density at radius 2 is 1.83 bits per heavy atom. The van der Waals surface area contributed by atoms with Crippen molar-refractivity contribution in [2.45, 2.75) is 39.8 Å². The van der Waals surface area contributed by atoms with Crippen molar-refractivity contribution in [3.05, 3.63) is 52.8 Å². The molecule has 0 saturated heterocycles. The first-order valence-corrected chi connectivity index (χ1v) is 6.61. The van der Waals surface area contributed by atoms with Crippen LogP contribution in [0.2, 0.25) is 0 Å². The summed E-state index contributed by atoms with van der Waals surface area (Å²) in [4.78, 5) is 0. The van der Waals surface area contributed by atoms with E-state index in [1.165, 1.54) is 16.8 Å². The van der Waals surface area contributed by atoms with E-state index in [0.29, 0.717) is 6.54 Å². The van der Waals surface area contributed by atoms with Gasteiger partial charge in [0.2, 0.25) is 0 Å². The Morgan fingerprint density at radius 3 is 2.39 bits per heavy atom. The molecule has 0 aliphatic carbocycles. The highest BCUT2D eigenvalue weighted by Crippen LogP contribution is 2.17. The van der Waals surface area contributed by atoms with Crippen LogP contribution in [0.3, 0.4) is 0 Å². The van der Waals surface area contributed by atoms with E-state index in [1.54, 1.807) is 0 Å². The molecule has 0 atom stereocenters. The van der Waals surface area contributed by atoms with E-state index >= 15 is 0 Å². The molecule has 1 heterocycles. The number of aryl methyl sites for hydroxylation is 1. The Hall–Kier alpha value is -1.61. The summed E-state index contributed by atoms with van der Waals surface area (Å²) in [5.41, 5.74) is 10.8. The third kappa shape index (κ3) is 2.46. The maximum Gasteiger partial charge on any atom is 0.0669 e. The predicted molar refractivity (Wildman–Crippen MR) is 74.4 cm³/mol. The van der Waals surface area contributed by atoms with Gasteiger partial charge >= 0.3 is 0 Å². The van der Waals surface area contributed by atoms with Gasteiger partial charge in [-0.2, -0.15) is 5.10 Å². The summed E-state index contributed by atoms with van der Waals surface area (Å²) < 4.78 is 2.11. The van der Waals surface area contributed by atoms with Crippen LogP contribution in [0.4, 0.5) is 0 Å². The van der Waals surface area contributed by atoms with E-state index < -0.39 is 0 Å². The Labute approximate surface area is 109 Å². The maximum absolute atomic E-state index is 5.86. The lowest BCUT2D eigenvalue weighted by Gasteiger charge is -2.07. The van der Waals surface area contributed by atoms with Crippen molar-refractivity contribution in [3.63, 3.8) is 0 Å². The molecule has 3 heteroatoms. The number of hydrogen-bond acceptors (Lipinski definition) is 2. The first-order valence-electron chi connectivity index (χ1n) is 6.61. The highest BCUT2D eigenvalue weighted by molar-refractivity contribution is 5.27. The molecular formula is C15H21N3. The standard InChI is InChI=1S/C15H21N3/c1-3-14-13(10-16)15(4-2)18(17-14)11-12-8-6-5-7-9-12/h5-9H,3-4,10-11,16H2,1-2H3. The van der Waals surface area contributed by atoms with Gasteiger partial charge in [0, 0.05) is 17.8 Å². The van der Waals surface area contributed by atoms with Crippen molar-refractivity contribution in [1.29, 1.82) is 0 Å². The summed E-state index contributed by atoms with van der Waals surface area (Å²) in [7, 11) is 0. The van der Waals surface area contributed by atoms with Gasteiger partial charge in [-0.05, 0) is 18.4 Å². The van der Waals surface area contributed by atoms with E-state index in [4.69, 9.17) is 10.8 Å². The monoisotopic (exact) mass is 243 g/mol. The molecule has 0 aliphatic heterocycles. The van der Waals surface area contributed by atoms with E-state index in [1.807, 2.05) is 6.07 Å². The van der Waals surface area contributed by atoms with Gasteiger partial charge in [-0.3, -0.25) is 4.68 Å². The number of nitrogens with two attached hydrogens (primary N) is 1. The van der Waals surface area contributed by atoms with Gasteiger partial charge in [0.1, 0.15) is 0 Å². The fourth-order valence-electron chi connectivity index (χ4n) is 2.39. The second-order valence-corrected chi connectivity index (χ2v) is 4.43. The van der Waals surface area contributed by atoms with Gasteiger partial charge in [-0.25, -0.2) is 0 Å². The van der Waals surface area contributed by atoms with E-state index in [0.717, 1.165) is 25.1 Å². The zero-order chi connectivity index (χ0) is 13.0. The molecule has 0 spiro atoms. The zero-order valence-electron chi connectivity index (χ0n) is 11.2. The number of hydrogen-bond donors (Lipinski definition) is 1. The van der Waals surface area contributed by atoms with Gasteiger partial charge in [0.25, 0.3) is 0 Å². The molecular weight excluding hydrogens is 222 g/mol. The molecule has 0 radical (unpaired) electrons. The minimum atomic E-state index is 0.584. The molecule has 0 unspecified atom stereocenters.